The van der Waals surface area contributed by atoms with Gasteiger partial charge in [0.05, 0.1) is 29.3 Å². The molecule has 0 aliphatic carbocycles. The molecule has 1 heterocycles. The van der Waals surface area contributed by atoms with Crippen LogP contribution >= 0.6 is 0 Å². The van der Waals surface area contributed by atoms with Crippen molar-refractivity contribution in [1.29, 1.82) is 0 Å². The van der Waals surface area contributed by atoms with Gasteiger partial charge in [-0.15, -0.1) is 0 Å². The minimum absolute atomic E-state index is 0.275. The van der Waals surface area contributed by atoms with Crippen molar-refractivity contribution in [3.05, 3.63) is 89.2 Å². The van der Waals surface area contributed by atoms with Crippen molar-refractivity contribution in [2.24, 2.45) is 0 Å². The average Bonchev–Trinajstić information content (AvgIpc) is 2.97. The van der Waals surface area contributed by atoms with Crippen LogP contribution in [0.15, 0.2) is 66.7 Å². The molecule has 0 bridgehead atoms. The van der Waals surface area contributed by atoms with E-state index in [1.807, 2.05) is 73.1 Å². The molecule has 2 N–H and O–H groups in total. The first-order chi connectivity index (χ1) is 14.0. The van der Waals surface area contributed by atoms with Crippen LogP contribution in [0.25, 0.3) is 10.8 Å². The highest BCUT2D eigenvalue weighted by Gasteiger charge is 2.15. The molecule has 5 heteroatoms. The third kappa shape index (κ3) is 3.85. The maximum absolute atomic E-state index is 12.7. The summed E-state index contributed by atoms with van der Waals surface area (Å²) in [6, 6.07) is 21.9. The summed E-state index contributed by atoms with van der Waals surface area (Å²) in [6.45, 7) is 6.66. The number of nitrogens with one attached hydrogen (secondary N) is 2. The number of aromatic nitrogens is 2. The highest BCUT2D eigenvalue weighted by molar-refractivity contribution is 6.06. The van der Waals surface area contributed by atoms with Gasteiger partial charge in [-0.3, -0.25) is 4.68 Å². The Morgan fingerprint density at radius 3 is 2.45 bits per heavy atom. The predicted octanol–water partition coefficient (Wildman–Crippen LogP) is 5.65. The molecule has 3 aromatic carbocycles. The first kappa shape index (κ1) is 18.7. The largest absolute Gasteiger partial charge is 0.323 e. The minimum atomic E-state index is -0.275. The van der Waals surface area contributed by atoms with Crippen molar-refractivity contribution in [3.8, 4) is 0 Å². The molecule has 5 nitrogen and oxygen atoms in total. The second-order valence-electron chi connectivity index (χ2n) is 7.24. The van der Waals surface area contributed by atoms with Crippen LogP contribution in [0, 0.1) is 20.8 Å². The summed E-state index contributed by atoms with van der Waals surface area (Å²) in [7, 11) is 0. The zero-order valence-corrected chi connectivity index (χ0v) is 16.9. The van der Waals surface area contributed by atoms with Crippen LogP contribution in [0.3, 0.4) is 0 Å². The molecule has 29 heavy (non-hydrogen) atoms. The lowest BCUT2D eigenvalue weighted by molar-refractivity contribution is 0.262. The molecule has 4 aromatic rings. The van der Waals surface area contributed by atoms with Crippen molar-refractivity contribution >= 4 is 28.2 Å². The van der Waals surface area contributed by atoms with E-state index < -0.39 is 0 Å². The van der Waals surface area contributed by atoms with Crippen molar-refractivity contribution in [2.45, 2.75) is 27.3 Å². The maximum Gasteiger partial charge on any atom is 0.323 e. The zero-order chi connectivity index (χ0) is 20.4. The lowest BCUT2D eigenvalue weighted by atomic mass is 10.1. The van der Waals surface area contributed by atoms with Crippen LogP contribution in [0.5, 0.6) is 0 Å². The number of carbonyl (C=O) groups excluding carboxylic acids is 1. The topological polar surface area (TPSA) is 59.0 Å². The Bertz CT molecular complexity index is 1190. The maximum atomic E-state index is 12.7. The summed E-state index contributed by atoms with van der Waals surface area (Å²) in [5, 5.41) is 12.7. The van der Waals surface area contributed by atoms with Gasteiger partial charge in [0, 0.05) is 5.39 Å². The Labute approximate surface area is 170 Å². The number of amides is 2. The summed E-state index contributed by atoms with van der Waals surface area (Å²) in [5.41, 5.74) is 5.69. The van der Waals surface area contributed by atoms with E-state index in [-0.39, 0.29) is 6.03 Å². The van der Waals surface area contributed by atoms with E-state index in [2.05, 4.69) is 34.8 Å². The molecule has 2 amide bonds. The van der Waals surface area contributed by atoms with E-state index >= 15 is 0 Å². The number of anilines is 2. The van der Waals surface area contributed by atoms with Gasteiger partial charge in [0.15, 0.2) is 0 Å². The Balaban J connectivity index is 1.54. The van der Waals surface area contributed by atoms with Gasteiger partial charge >= 0.3 is 6.03 Å². The number of nitrogens with zero attached hydrogens (tertiary/aromatic N) is 2. The van der Waals surface area contributed by atoms with Crippen LogP contribution < -0.4 is 10.6 Å². The second kappa shape index (κ2) is 7.80. The van der Waals surface area contributed by atoms with Crippen molar-refractivity contribution in [3.63, 3.8) is 0 Å². The highest BCUT2D eigenvalue weighted by Crippen LogP contribution is 2.25. The van der Waals surface area contributed by atoms with Crippen LogP contribution in [0.4, 0.5) is 16.2 Å². The lowest BCUT2D eigenvalue weighted by Gasteiger charge is -2.11. The fourth-order valence-corrected chi connectivity index (χ4v) is 3.58. The van der Waals surface area contributed by atoms with Crippen molar-refractivity contribution in [1.82, 2.24) is 9.78 Å². The number of hydrogen-bond acceptors (Lipinski definition) is 2. The van der Waals surface area contributed by atoms with Crippen molar-refractivity contribution < 1.29 is 4.79 Å². The van der Waals surface area contributed by atoms with Crippen LogP contribution in [-0.4, -0.2) is 15.8 Å². The number of aryl methyl sites for hydroxylation is 2. The van der Waals surface area contributed by atoms with Crippen LogP contribution in [-0.2, 0) is 6.54 Å². The first-order valence-corrected chi connectivity index (χ1v) is 9.67. The molecule has 4 rings (SSSR count). The zero-order valence-electron chi connectivity index (χ0n) is 16.9. The number of fused-ring (bicyclic) bond motifs is 1. The quantitative estimate of drug-likeness (QED) is 0.477. The number of urea groups is 1. The molecular weight excluding hydrogens is 360 g/mol. The predicted molar refractivity (Wildman–Crippen MR) is 119 cm³/mol. The van der Waals surface area contributed by atoms with Gasteiger partial charge in [-0.05, 0) is 43.4 Å². The summed E-state index contributed by atoms with van der Waals surface area (Å²) in [4.78, 5) is 12.7. The molecule has 0 atom stereocenters. The Morgan fingerprint density at radius 1 is 0.897 bits per heavy atom. The van der Waals surface area contributed by atoms with E-state index in [9.17, 15) is 4.79 Å². The average molecular weight is 384 g/mol. The SMILES string of the molecule is Cc1ccccc1Cn1nc(C)c(NC(=O)Nc2cccc3ccccc23)c1C. The smallest absolute Gasteiger partial charge is 0.307 e. The molecular formula is C24H24N4O. The Kier molecular flexibility index (Phi) is 5.04. The van der Waals surface area contributed by atoms with E-state index in [1.165, 1.54) is 11.1 Å². The van der Waals surface area contributed by atoms with Gasteiger partial charge in [0.1, 0.15) is 0 Å². The molecule has 0 spiro atoms. The molecule has 0 saturated carbocycles. The fraction of sp³-hybridized carbons (Fsp3) is 0.167. The third-order valence-electron chi connectivity index (χ3n) is 5.24. The Hall–Kier alpha value is -3.60. The monoisotopic (exact) mass is 384 g/mol. The standard InChI is InChI=1S/C24H24N4O/c1-16-9-4-5-11-20(16)15-28-18(3)23(17(2)27-28)26-24(29)25-22-14-8-12-19-10-6-7-13-21(19)22/h4-14H,15H2,1-3H3,(H2,25,26,29). The normalized spacial score (nSPS) is 10.9. The molecule has 1 aromatic heterocycles. The summed E-state index contributed by atoms with van der Waals surface area (Å²) < 4.78 is 1.94. The summed E-state index contributed by atoms with van der Waals surface area (Å²) >= 11 is 0. The number of hydrogen-bond donors (Lipinski definition) is 2. The molecule has 146 valence electrons. The second-order valence-corrected chi connectivity index (χ2v) is 7.24. The molecule has 0 unspecified atom stereocenters. The minimum Gasteiger partial charge on any atom is -0.307 e. The van der Waals surface area contributed by atoms with E-state index in [0.29, 0.717) is 6.54 Å². The lowest BCUT2D eigenvalue weighted by Crippen LogP contribution is -2.20. The fourth-order valence-electron chi connectivity index (χ4n) is 3.58. The van der Waals surface area contributed by atoms with Crippen molar-refractivity contribution in [2.75, 3.05) is 10.6 Å². The molecule has 0 radical (unpaired) electrons. The molecule has 0 saturated heterocycles. The van der Waals surface area contributed by atoms with Crippen LogP contribution in [0.1, 0.15) is 22.5 Å². The molecule has 0 aliphatic rings. The van der Waals surface area contributed by atoms with Gasteiger partial charge < -0.3 is 10.6 Å². The summed E-state index contributed by atoms with van der Waals surface area (Å²) in [6.07, 6.45) is 0. The van der Waals surface area contributed by atoms with E-state index in [1.54, 1.807) is 0 Å². The first-order valence-electron chi connectivity index (χ1n) is 9.67. The number of rotatable bonds is 4. The van der Waals surface area contributed by atoms with Gasteiger partial charge in [-0.25, -0.2) is 4.79 Å². The third-order valence-corrected chi connectivity index (χ3v) is 5.24. The van der Waals surface area contributed by atoms with Gasteiger partial charge in [-0.1, -0.05) is 60.7 Å². The number of carbonyl (C=O) groups is 1. The highest BCUT2D eigenvalue weighted by atomic mass is 16.2. The van der Waals surface area contributed by atoms with E-state index in [4.69, 9.17) is 0 Å². The van der Waals surface area contributed by atoms with Gasteiger partial charge in [0.2, 0.25) is 0 Å². The Morgan fingerprint density at radius 2 is 1.62 bits per heavy atom. The van der Waals surface area contributed by atoms with Gasteiger partial charge in [-0.2, -0.15) is 5.10 Å². The van der Waals surface area contributed by atoms with Crippen LogP contribution in [0.2, 0.25) is 0 Å². The molecule has 0 aliphatic heterocycles. The summed E-state index contributed by atoms with van der Waals surface area (Å²) in [5.74, 6) is 0. The van der Waals surface area contributed by atoms with E-state index in [0.717, 1.165) is 33.5 Å². The molecule has 0 fully saturated rings. The van der Waals surface area contributed by atoms with Gasteiger partial charge in [0.25, 0.3) is 0 Å². The number of benzene rings is 3.